The number of nitrogens with one attached hydrogen (secondary N) is 2. The van der Waals surface area contributed by atoms with Crippen molar-refractivity contribution < 1.29 is 9.90 Å². The van der Waals surface area contributed by atoms with E-state index in [-0.39, 0.29) is 18.0 Å². The molecule has 0 radical (unpaired) electrons. The van der Waals surface area contributed by atoms with Gasteiger partial charge in [-0.05, 0) is 26.3 Å². The van der Waals surface area contributed by atoms with Crippen molar-refractivity contribution in [3.8, 4) is 0 Å². The second-order valence-corrected chi connectivity index (χ2v) is 5.66. The van der Waals surface area contributed by atoms with Crippen molar-refractivity contribution in [1.29, 1.82) is 0 Å². The van der Waals surface area contributed by atoms with E-state index in [0.29, 0.717) is 18.7 Å². The van der Waals surface area contributed by atoms with Gasteiger partial charge in [-0.25, -0.2) is 9.67 Å². The minimum absolute atomic E-state index is 0.149. The first-order valence-electron chi connectivity index (χ1n) is 7.10. The Morgan fingerprint density at radius 3 is 3.00 bits per heavy atom. The predicted molar refractivity (Wildman–Crippen MR) is 79.0 cm³/mol. The van der Waals surface area contributed by atoms with Crippen molar-refractivity contribution in [2.24, 2.45) is 0 Å². The summed E-state index contributed by atoms with van der Waals surface area (Å²) < 4.78 is 1.84. The number of pyridine rings is 1. The van der Waals surface area contributed by atoms with E-state index in [2.05, 4.69) is 20.7 Å². The summed E-state index contributed by atoms with van der Waals surface area (Å²) in [7, 11) is 0. The number of aliphatic hydroxyl groups is 1. The van der Waals surface area contributed by atoms with Crippen LogP contribution in [0.4, 0.5) is 5.69 Å². The molecule has 2 aromatic heterocycles. The molecule has 1 aliphatic heterocycles. The Labute approximate surface area is 122 Å². The van der Waals surface area contributed by atoms with Crippen molar-refractivity contribution in [2.75, 3.05) is 11.9 Å². The predicted octanol–water partition coefficient (Wildman–Crippen LogP) is 0.673. The average molecular weight is 289 g/mol. The van der Waals surface area contributed by atoms with Crippen LogP contribution in [0, 0.1) is 0 Å². The lowest BCUT2D eigenvalue weighted by Gasteiger charge is -2.11. The van der Waals surface area contributed by atoms with Crippen LogP contribution >= 0.6 is 0 Å². The van der Waals surface area contributed by atoms with Gasteiger partial charge in [0.1, 0.15) is 0 Å². The molecule has 7 heteroatoms. The van der Waals surface area contributed by atoms with Crippen molar-refractivity contribution in [3.63, 3.8) is 0 Å². The summed E-state index contributed by atoms with van der Waals surface area (Å²) >= 11 is 0. The Balaban J connectivity index is 1.77. The van der Waals surface area contributed by atoms with E-state index in [1.807, 2.05) is 24.6 Å². The molecular weight excluding hydrogens is 270 g/mol. The quantitative estimate of drug-likeness (QED) is 0.772. The summed E-state index contributed by atoms with van der Waals surface area (Å²) in [5, 5.41) is 20.4. The smallest absolute Gasteiger partial charge is 0.241 e. The van der Waals surface area contributed by atoms with Gasteiger partial charge in [0.15, 0.2) is 5.65 Å². The Morgan fingerprint density at radius 1 is 1.52 bits per heavy atom. The number of fused-ring (bicyclic) bond motifs is 1. The molecule has 1 fully saturated rings. The Hall–Kier alpha value is -1.99. The molecule has 2 aromatic rings. The Morgan fingerprint density at radius 2 is 2.33 bits per heavy atom. The molecule has 3 heterocycles. The lowest BCUT2D eigenvalue weighted by molar-refractivity contribution is -0.117. The number of hydrogen-bond donors (Lipinski definition) is 3. The molecule has 7 nitrogen and oxygen atoms in total. The van der Waals surface area contributed by atoms with Crippen LogP contribution in [0.2, 0.25) is 0 Å². The van der Waals surface area contributed by atoms with E-state index in [0.717, 1.165) is 11.0 Å². The maximum absolute atomic E-state index is 12.1. The van der Waals surface area contributed by atoms with E-state index in [4.69, 9.17) is 0 Å². The maximum atomic E-state index is 12.1. The second-order valence-electron chi connectivity index (χ2n) is 5.66. The molecule has 1 amide bonds. The van der Waals surface area contributed by atoms with Crippen LogP contribution in [0.15, 0.2) is 18.5 Å². The van der Waals surface area contributed by atoms with Gasteiger partial charge in [0.2, 0.25) is 5.91 Å². The van der Waals surface area contributed by atoms with Gasteiger partial charge < -0.3 is 15.7 Å². The third kappa shape index (κ3) is 2.74. The lowest BCUT2D eigenvalue weighted by atomic mass is 10.2. The Kier molecular flexibility index (Phi) is 3.60. The Bertz CT molecular complexity index is 666. The highest BCUT2D eigenvalue weighted by Gasteiger charge is 2.28. The molecule has 0 spiro atoms. The third-order valence-corrected chi connectivity index (χ3v) is 3.61. The molecule has 0 aliphatic carbocycles. The minimum atomic E-state index is -0.453. The number of rotatable bonds is 3. The van der Waals surface area contributed by atoms with E-state index in [1.165, 1.54) is 0 Å². The first kappa shape index (κ1) is 14.0. The van der Waals surface area contributed by atoms with Crippen LogP contribution in [0.3, 0.4) is 0 Å². The number of nitrogens with zero attached hydrogens (tertiary/aromatic N) is 3. The molecule has 2 unspecified atom stereocenters. The van der Waals surface area contributed by atoms with E-state index >= 15 is 0 Å². The molecule has 0 aromatic carbocycles. The first-order chi connectivity index (χ1) is 10.0. The van der Waals surface area contributed by atoms with E-state index in [1.54, 1.807) is 12.4 Å². The fraction of sp³-hybridized carbons (Fsp3) is 0.500. The van der Waals surface area contributed by atoms with Gasteiger partial charge in [-0.3, -0.25) is 4.79 Å². The fourth-order valence-corrected chi connectivity index (χ4v) is 2.53. The van der Waals surface area contributed by atoms with Crippen LogP contribution < -0.4 is 10.6 Å². The highest BCUT2D eigenvalue weighted by atomic mass is 16.3. The molecule has 2 atom stereocenters. The minimum Gasteiger partial charge on any atom is -0.392 e. The average Bonchev–Trinajstić information content (AvgIpc) is 3.04. The third-order valence-electron chi connectivity index (χ3n) is 3.61. The number of amides is 1. The topological polar surface area (TPSA) is 92.1 Å². The van der Waals surface area contributed by atoms with Crippen molar-refractivity contribution in [3.05, 3.63) is 18.5 Å². The summed E-state index contributed by atoms with van der Waals surface area (Å²) in [5.41, 5.74) is 1.44. The van der Waals surface area contributed by atoms with E-state index in [9.17, 15) is 9.90 Å². The zero-order chi connectivity index (χ0) is 15.0. The lowest BCUT2D eigenvalue weighted by Crippen LogP contribution is -2.35. The van der Waals surface area contributed by atoms with Crippen molar-refractivity contribution in [2.45, 2.75) is 38.5 Å². The van der Waals surface area contributed by atoms with Gasteiger partial charge in [-0.15, -0.1) is 0 Å². The number of carbonyl (C=O) groups excluding carboxylic acids is 1. The molecule has 1 aliphatic rings. The van der Waals surface area contributed by atoms with Crippen LogP contribution in [-0.2, 0) is 4.79 Å². The van der Waals surface area contributed by atoms with Gasteiger partial charge >= 0.3 is 0 Å². The van der Waals surface area contributed by atoms with Gasteiger partial charge in [-0.2, -0.15) is 5.10 Å². The highest BCUT2D eigenvalue weighted by Crippen LogP contribution is 2.19. The summed E-state index contributed by atoms with van der Waals surface area (Å²) in [6.45, 7) is 4.54. The zero-order valence-corrected chi connectivity index (χ0v) is 12.1. The molecular formula is C14H19N5O2. The molecule has 0 saturated carbocycles. The number of carbonyl (C=O) groups is 1. The largest absolute Gasteiger partial charge is 0.392 e. The summed E-state index contributed by atoms with van der Waals surface area (Å²) in [6.07, 6.45) is 3.36. The number of anilines is 1. The zero-order valence-electron chi connectivity index (χ0n) is 12.1. The maximum Gasteiger partial charge on any atom is 0.241 e. The van der Waals surface area contributed by atoms with Crippen molar-refractivity contribution >= 4 is 22.6 Å². The number of hydrogen-bond acceptors (Lipinski definition) is 5. The van der Waals surface area contributed by atoms with Gasteiger partial charge in [0.05, 0.1) is 30.2 Å². The summed E-state index contributed by atoms with van der Waals surface area (Å²) in [4.78, 5) is 16.4. The van der Waals surface area contributed by atoms with Gasteiger partial charge in [0, 0.05) is 18.0 Å². The van der Waals surface area contributed by atoms with Crippen LogP contribution in [-0.4, -0.2) is 44.5 Å². The fourth-order valence-electron chi connectivity index (χ4n) is 2.53. The molecule has 3 rings (SSSR count). The number of β-amino-alcohol motifs (C(OH)–C–C–N with tert-alkyl or cyclic N) is 1. The molecule has 3 N–H and O–H groups in total. The molecule has 112 valence electrons. The van der Waals surface area contributed by atoms with Crippen LogP contribution in [0.25, 0.3) is 11.0 Å². The van der Waals surface area contributed by atoms with Crippen LogP contribution in [0.5, 0.6) is 0 Å². The standard InChI is InChI=1S/C14H19N5O2/c1-8(2)19-13-9(5-17-19)3-10(6-16-13)18-14(21)12-4-11(20)7-15-12/h3,5-6,8,11-12,15,20H,4,7H2,1-2H3,(H,18,21). The molecule has 0 bridgehead atoms. The first-order valence-corrected chi connectivity index (χ1v) is 7.10. The second kappa shape index (κ2) is 5.42. The number of aromatic nitrogens is 3. The normalized spacial score (nSPS) is 22.1. The van der Waals surface area contributed by atoms with Gasteiger partial charge in [0.25, 0.3) is 0 Å². The summed E-state index contributed by atoms with van der Waals surface area (Å²) in [5.74, 6) is -0.149. The van der Waals surface area contributed by atoms with E-state index < -0.39 is 6.10 Å². The SMILES string of the molecule is CC(C)n1ncc2cc(NC(=O)C3CC(O)CN3)cnc21. The van der Waals surface area contributed by atoms with Gasteiger partial charge in [-0.1, -0.05) is 0 Å². The van der Waals surface area contributed by atoms with Crippen molar-refractivity contribution in [1.82, 2.24) is 20.1 Å². The molecule has 1 saturated heterocycles. The number of aliphatic hydroxyl groups excluding tert-OH is 1. The van der Waals surface area contributed by atoms with Crippen LogP contribution in [0.1, 0.15) is 26.3 Å². The molecule has 21 heavy (non-hydrogen) atoms. The highest BCUT2D eigenvalue weighted by molar-refractivity contribution is 5.96. The summed E-state index contributed by atoms with van der Waals surface area (Å²) in [6, 6.07) is 1.74. The monoisotopic (exact) mass is 289 g/mol.